The van der Waals surface area contributed by atoms with Crippen LogP contribution in [-0.4, -0.2) is 59.6 Å². The van der Waals surface area contributed by atoms with Gasteiger partial charge in [0.15, 0.2) is 0 Å². The maximum absolute atomic E-state index is 11.4. The van der Waals surface area contributed by atoms with Crippen LogP contribution in [0.15, 0.2) is 0 Å². The molecule has 1 atom stereocenters. The summed E-state index contributed by atoms with van der Waals surface area (Å²) >= 11 is 0. The van der Waals surface area contributed by atoms with Crippen LogP contribution in [0.3, 0.4) is 0 Å². The zero-order valence-corrected chi connectivity index (χ0v) is 11.1. The molecule has 0 heterocycles. The average molecular weight is 252 g/mol. The number of hydrogen-bond donors (Lipinski definition) is 3. The molecule has 1 unspecified atom stereocenters. The molecule has 16 heavy (non-hydrogen) atoms. The number of aliphatic hydroxyl groups is 1. The number of hydrogen-bond acceptors (Lipinski definition) is 5. The molecular formula is C9H21N2O4P. The number of nitrogens with zero attached hydrogens (tertiary/aromatic N) is 1. The molecule has 6 nitrogen and oxygen atoms in total. The lowest BCUT2D eigenvalue weighted by atomic mass is 10.4. The Kier molecular flexibility index (Phi) is 6.18. The molecule has 96 valence electrons. The first kappa shape index (κ1) is 15.6. The van der Waals surface area contributed by atoms with Crippen LogP contribution in [0.2, 0.25) is 0 Å². The maximum atomic E-state index is 11.4. The quantitative estimate of drug-likeness (QED) is 0.355. The summed E-state index contributed by atoms with van der Waals surface area (Å²) in [6.45, 7) is 6.30. The predicted molar refractivity (Wildman–Crippen MR) is 62.1 cm³/mol. The smallest absolute Gasteiger partial charge is 0.260 e. The monoisotopic (exact) mass is 252 g/mol. The van der Waals surface area contributed by atoms with Crippen molar-refractivity contribution in [2.75, 3.05) is 26.4 Å². The Bertz CT molecular complexity index is 277. The van der Waals surface area contributed by atoms with E-state index in [1.807, 2.05) is 0 Å². The molecule has 0 radical (unpaired) electrons. The summed E-state index contributed by atoms with van der Waals surface area (Å²) in [4.78, 5) is 11.3. The number of nitrogens with one attached hydrogen (secondary N) is 1. The molecule has 0 spiro atoms. The van der Waals surface area contributed by atoms with Gasteiger partial charge in [0.25, 0.3) is 5.91 Å². The van der Waals surface area contributed by atoms with E-state index in [-0.39, 0.29) is 19.1 Å². The molecule has 0 aromatic rings. The molecule has 0 aromatic heterocycles. The van der Waals surface area contributed by atoms with Crippen molar-refractivity contribution in [2.24, 2.45) is 0 Å². The highest BCUT2D eigenvalue weighted by Gasteiger charge is 2.20. The van der Waals surface area contributed by atoms with Crippen LogP contribution >= 0.6 is 7.14 Å². The second-order valence-electron chi connectivity index (χ2n) is 4.38. The minimum absolute atomic E-state index is 0.0714. The molecule has 0 aliphatic rings. The Morgan fingerprint density at radius 2 is 1.94 bits per heavy atom. The molecule has 0 saturated heterocycles. The summed E-state index contributed by atoms with van der Waals surface area (Å²) in [7, 11) is -2.55. The Labute approximate surface area is 96.0 Å². The second-order valence-corrected chi connectivity index (χ2v) is 7.84. The molecule has 1 amide bonds. The lowest BCUT2D eigenvalue weighted by molar-refractivity contribution is -0.171. The third-order valence-electron chi connectivity index (χ3n) is 2.07. The van der Waals surface area contributed by atoms with Crippen LogP contribution < -0.4 is 5.32 Å². The SMILES string of the molecule is CC(C)N(O)C(=O)CNCC(O)P(C)(C)=O. The van der Waals surface area contributed by atoms with Gasteiger partial charge in [-0.05, 0) is 27.2 Å². The van der Waals surface area contributed by atoms with E-state index in [1.54, 1.807) is 13.8 Å². The van der Waals surface area contributed by atoms with E-state index in [4.69, 9.17) is 0 Å². The van der Waals surface area contributed by atoms with Gasteiger partial charge in [-0.25, -0.2) is 5.06 Å². The second kappa shape index (κ2) is 6.35. The van der Waals surface area contributed by atoms with Gasteiger partial charge in [0.05, 0.1) is 12.6 Å². The van der Waals surface area contributed by atoms with Gasteiger partial charge in [0.2, 0.25) is 0 Å². The Balaban J connectivity index is 3.92. The highest BCUT2D eigenvalue weighted by atomic mass is 31.2. The summed E-state index contributed by atoms with van der Waals surface area (Å²) in [6, 6.07) is -0.289. The van der Waals surface area contributed by atoms with Gasteiger partial charge in [-0.3, -0.25) is 10.0 Å². The Hall–Kier alpha value is -0.420. The van der Waals surface area contributed by atoms with Crippen molar-refractivity contribution < 1.29 is 19.7 Å². The van der Waals surface area contributed by atoms with Gasteiger partial charge >= 0.3 is 0 Å². The third-order valence-corrected chi connectivity index (χ3v) is 3.68. The third kappa shape index (κ3) is 5.61. The maximum Gasteiger partial charge on any atom is 0.260 e. The normalized spacial score (nSPS) is 13.9. The van der Waals surface area contributed by atoms with Crippen LogP contribution in [-0.2, 0) is 9.36 Å². The van der Waals surface area contributed by atoms with Crippen LogP contribution in [0.1, 0.15) is 13.8 Å². The number of hydroxylamine groups is 2. The molecule has 0 saturated carbocycles. The standard InChI is InChI=1S/C9H21N2O4P/c1-7(2)11(14)8(12)5-10-6-9(13)16(3,4)15/h7,9-10,13-14H,5-6H2,1-4H3. The largest absolute Gasteiger partial charge is 0.384 e. The van der Waals surface area contributed by atoms with Crippen LogP contribution in [0, 0.1) is 0 Å². The van der Waals surface area contributed by atoms with Gasteiger partial charge in [-0.15, -0.1) is 0 Å². The molecule has 7 heteroatoms. The fourth-order valence-corrected chi connectivity index (χ4v) is 1.47. The number of carbonyl (C=O) groups is 1. The van der Waals surface area contributed by atoms with Crippen molar-refractivity contribution >= 4 is 13.0 Å². The zero-order chi connectivity index (χ0) is 12.9. The van der Waals surface area contributed by atoms with Crippen molar-refractivity contribution in [2.45, 2.75) is 25.7 Å². The Morgan fingerprint density at radius 3 is 2.31 bits per heavy atom. The van der Waals surface area contributed by atoms with Crippen molar-refractivity contribution in [1.82, 2.24) is 10.4 Å². The van der Waals surface area contributed by atoms with Crippen molar-refractivity contribution in [3.8, 4) is 0 Å². The molecular weight excluding hydrogens is 231 g/mol. The fraction of sp³-hybridized carbons (Fsp3) is 0.889. The molecule has 3 N–H and O–H groups in total. The van der Waals surface area contributed by atoms with E-state index in [0.29, 0.717) is 5.06 Å². The van der Waals surface area contributed by atoms with E-state index in [0.717, 1.165) is 0 Å². The van der Waals surface area contributed by atoms with Gasteiger partial charge in [-0.1, -0.05) is 0 Å². The molecule has 0 aliphatic carbocycles. The van der Waals surface area contributed by atoms with Gasteiger partial charge < -0.3 is 15.0 Å². The van der Waals surface area contributed by atoms with E-state index >= 15 is 0 Å². The topological polar surface area (TPSA) is 89.9 Å². The van der Waals surface area contributed by atoms with Gasteiger partial charge in [0.1, 0.15) is 13.0 Å². The molecule has 0 rings (SSSR count). The minimum Gasteiger partial charge on any atom is -0.384 e. The first-order valence-electron chi connectivity index (χ1n) is 5.10. The first-order valence-corrected chi connectivity index (χ1v) is 7.77. The van der Waals surface area contributed by atoms with E-state index < -0.39 is 18.9 Å². The molecule has 0 aromatic carbocycles. The van der Waals surface area contributed by atoms with Gasteiger partial charge in [-0.2, -0.15) is 0 Å². The summed E-state index contributed by atoms with van der Waals surface area (Å²) in [5.74, 6) is -1.45. The summed E-state index contributed by atoms with van der Waals surface area (Å²) in [5, 5.41) is 22.0. The van der Waals surface area contributed by atoms with Crippen molar-refractivity contribution in [3.63, 3.8) is 0 Å². The number of rotatable bonds is 6. The van der Waals surface area contributed by atoms with E-state index in [9.17, 15) is 19.7 Å². The molecule has 0 bridgehead atoms. The molecule has 0 aliphatic heterocycles. The summed E-state index contributed by atoms with van der Waals surface area (Å²) < 4.78 is 11.4. The Morgan fingerprint density at radius 1 is 1.44 bits per heavy atom. The highest BCUT2D eigenvalue weighted by molar-refractivity contribution is 7.62. The van der Waals surface area contributed by atoms with E-state index in [2.05, 4.69) is 5.32 Å². The number of carbonyl (C=O) groups excluding carboxylic acids is 1. The van der Waals surface area contributed by atoms with Crippen LogP contribution in [0.25, 0.3) is 0 Å². The highest BCUT2D eigenvalue weighted by Crippen LogP contribution is 2.40. The lowest BCUT2D eigenvalue weighted by Crippen LogP contribution is -2.41. The summed E-state index contributed by atoms with van der Waals surface area (Å²) in [6.07, 6.45) is 0. The van der Waals surface area contributed by atoms with Crippen molar-refractivity contribution in [3.05, 3.63) is 0 Å². The van der Waals surface area contributed by atoms with E-state index in [1.165, 1.54) is 13.3 Å². The minimum atomic E-state index is -2.55. The number of amides is 1. The molecule has 0 fully saturated rings. The fourth-order valence-electron chi connectivity index (χ4n) is 0.897. The van der Waals surface area contributed by atoms with Gasteiger partial charge in [0, 0.05) is 6.54 Å². The van der Waals surface area contributed by atoms with Crippen LogP contribution in [0.5, 0.6) is 0 Å². The zero-order valence-electron chi connectivity index (χ0n) is 10.2. The van der Waals surface area contributed by atoms with Crippen molar-refractivity contribution in [1.29, 1.82) is 0 Å². The van der Waals surface area contributed by atoms with Crippen LogP contribution in [0.4, 0.5) is 0 Å². The first-order chi connectivity index (χ1) is 7.16. The number of aliphatic hydroxyl groups excluding tert-OH is 1. The average Bonchev–Trinajstić information content (AvgIpc) is 2.14. The summed E-state index contributed by atoms with van der Waals surface area (Å²) in [5.41, 5.74) is 0. The lowest BCUT2D eigenvalue weighted by Gasteiger charge is -2.20. The predicted octanol–water partition coefficient (Wildman–Crippen LogP) is 0.143.